The molecule has 29 heavy (non-hydrogen) atoms. The number of likely N-dealkylation sites (tertiary alicyclic amines) is 1. The number of benzene rings is 2. The lowest BCUT2D eigenvalue weighted by Gasteiger charge is -2.32. The zero-order valence-corrected chi connectivity index (χ0v) is 17.5. The number of rotatable bonds is 5. The number of nitrogens with one attached hydrogen (secondary N) is 2. The molecule has 2 aromatic carbocycles. The molecule has 1 fully saturated rings. The van der Waals surface area contributed by atoms with Crippen LogP contribution in [0.2, 0.25) is 0 Å². The highest BCUT2D eigenvalue weighted by atomic mass is 35.5. The minimum Gasteiger partial charge on any atom is -0.399 e. The molecule has 7 heteroatoms. The summed E-state index contributed by atoms with van der Waals surface area (Å²) in [5.41, 5.74) is 9.43. The second-order valence-electron chi connectivity index (χ2n) is 7.37. The van der Waals surface area contributed by atoms with Crippen LogP contribution in [0.1, 0.15) is 24.0 Å². The molecule has 1 aliphatic heterocycles. The number of carbonyl (C=O) groups is 2. The molecule has 0 aliphatic carbocycles. The Labute approximate surface area is 178 Å². The summed E-state index contributed by atoms with van der Waals surface area (Å²) in [4.78, 5) is 26.8. The Morgan fingerprint density at radius 3 is 2.66 bits per heavy atom. The van der Waals surface area contributed by atoms with E-state index in [9.17, 15) is 9.59 Å². The number of piperidine rings is 1. The summed E-state index contributed by atoms with van der Waals surface area (Å²) in [5, 5.41) is 5.93. The summed E-state index contributed by atoms with van der Waals surface area (Å²) < 4.78 is 0. The van der Waals surface area contributed by atoms with E-state index in [1.807, 2.05) is 55.5 Å². The first-order chi connectivity index (χ1) is 13.5. The topological polar surface area (TPSA) is 87.5 Å². The second-order valence-corrected chi connectivity index (χ2v) is 7.37. The van der Waals surface area contributed by atoms with Gasteiger partial charge in [0, 0.05) is 31.0 Å². The number of hydrogen-bond acceptors (Lipinski definition) is 3. The lowest BCUT2D eigenvalue weighted by Crippen LogP contribution is -2.47. The number of hydrogen-bond donors (Lipinski definition) is 3. The van der Waals surface area contributed by atoms with Gasteiger partial charge in [0.1, 0.15) is 0 Å². The molecular weight excluding hydrogens is 388 g/mol. The van der Waals surface area contributed by atoms with Crippen molar-refractivity contribution in [2.75, 3.05) is 30.7 Å². The van der Waals surface area contributed by atoms with Gasteiger partial charge >= 0.3 is 6.03 Å². The third-order valence-electron chi connectivity index (χ3n) is 5.04. The largest absolute Gasteiger partial charge is 0.399 e. The summed E-state index contributed by atoms with van der Waals surface area (Å²) in [6.07, 6.45) is 2.40. The van der Waals surface area contributed by atoms with Crippen molar-refractivity contribution in [3.8, 4) is 0 Å². The van der Waals surface area contributed by atoms with Crippen molar-refractivity contribution >= 4 is 35.7 Å². The molecule has 0 bridgehead atoms. The minimum absolute atomic E-state index is 0. The van der Waals surface area contributed by atoms with Crippen LogP contribution >= 0.6 is 12.4 Å². The summed E-state index contributed by atoms with van der Waals surface area (Å²) in [6.45, 7) is 3.69. The van der Waals surface area contributed by atoms with Crippen LogP contribution in [0.15, 0.2) is 48.5 Å². The quantitative estimate of drug-likeness (QED) is 0.650. The molecular formula is C22H29ClN4O2. The van der Waals surface area contributed by atoms with E-state index in [4.69, 9.17) is 5.73 Å². The minimum atomic E-state index is -0.163. The number of anilines is 2. The maximum atomic E-state index is 12.5. The van der Waals surface area contributed by atoms with Gasteiger partial charge in [-0.25, -0.2) is 4.79 Å². The van der Waals surface area contributed by atoms with Crippen LogP contribution in [0, 0.1) is 12.8 Å². The summed E-state index contributed by atoms with van der Waals surface area (Å²) in [5.74, 6) is -0.146. The highest BCUT2D eigenvalue weighted by Crippen LogP contribution is 2.18. The number of nitrogen functional groups attached to an aromatic ring is 1. The molecule has 0 aromatic heterocycles. The highest BCUT2D eigenvalue weighted by molar-refractivity contribution is 5.90. The van der Waals surface area contributed by atoms with E-state index in [2.05, 4.69) is 10.6 Å². The number of nitrogens with two attached hydrogens (primary N) is 1. The van der Waals surface area contributed by atoms with Crippen LogP contribution in [0.4, 0.5) is 16.2 Å². The third kappa shape index (κ3) is 6.68. The fraction of sp³-hybridized carbons (Fsp3) is 0.364. The number of nitrogens with zero attached hydrogens (tertiary/aromatic N) is 1. The molecule has 1 heterocycles. The maximum Gasteiger partial charge on any atom is 0.321 e. The smallest absolute Gasteiger partial charge is 0.321 e. The molecule has 6 nitrogen and oxygen atoms in total. The molecule has 1 atom stereocenters. The standard InChI is InChI=1S/C22H28N4O2.ClH/c1-16-4-2-6-20(14-16)25-22(28)26-13-3-5-18(15-26)21(27)24-12-11-17-7-9-19(23)10-8-17;/h2,4,6-10,14,18H,3,5,11-13,15,23H2,1H3,(H,24,27)(H,25,28);1H. The Balaban J connectivity index is 0.00000300. The van der Waals surface area contributed by atoms with Crippen molar-refractivity contribution in [3.63, 3.8) is 0 Å². The Morgan fingerprint density at radius 2 is 1.93 bits per heavy atom. The SMILES string of the molecule is Cc1cccc(NC(=O)N2CCCC(C(=O)NCCc3ccc(N)cc3)C2)c1.Cl. The predicted molar refractivity (Wildman–Crippen MR) is 119 cm³/mol. The van der Waals surface area contributed by atoms with Gasteiger partial charge in [0.2, 0.25) is 5.91 Å². The van der Waals surface area contributed by atoms with Crippen LogP contribution in [-0.4, -0.2) is 36.5 Å². The fourth-order valence-corrected chi connectivity index (χ4v) is 3.46. The monoisotopic (exact) mass is 416 g/mol. The van der Waals surface area contributed by atoms with Crippen molar-refractivity contribution in [2.45, 2.75) is 26.2 Å². The van der Waals surface area contributed by atoms with E-state index in [-0.39, 0.29) is 30.3 Å². The van der Waals surface area contributed by atoms with E-state index in [1.54, 1.807) is 4.90 Å². The molecule has 0 radical (unpaired) electrons. The summed E-state index contributed by atoms with van der Waals surface area (Å²) in [7, 11) is 0. The van der Waals surface area contributed by atoms with Crippen LogP contribution in [0.25, 0.3) is 0 Å². The van der Waals surface area contributed by atoms with E-state index in [0.29, 0.717) is 19.6 Å². The third-order valence-corrected chi connectivity index (χ3v) is 5.04. The Morgan fingerprint density at radius 1 is 1.17 bits per heavy atom. The van der Waals surface area contributed by atoms with Gasteiger partial charge in [-0.05, 0) is 61.6 Å². The molecule has 1 aliphatic rings. The van der Waals surface area contributed by atoms with Gasteiger partial charge in [-0.15, -0.1) is 12.4 Å². The van der Waals surface area contributed by atoms with Crippen molar-refractivity contribution in [2.24, 2.45) is 5.92 Å². The van der Waals surface area contributed by atoms with Gasteiger partial charge in [0.05, 0.1) is 5.92 Å². The van der Waals surface area contributed by atoms with E-state index < -0.39 is 0 Å². The highest BCUT2D eigenvalue weighted by Gasteiger charge is 2.28. The average molecular weight is 417 g/mol. The molecule has 1 saturated heterocycles. The van der Waals surface area contributed by atoms with E-state index >= 15 is 0 Å². The van der Waals surface area contributed by atoms with Crippen molar-refractivity contribution < 1.29 is 9.59 Å². The van der Waals surface area contributed by atoms with Crippen LogP contribution in [0.3, 0.4) is 0 Å². The Bertz CT molecular complexity index is 826. The molecule has 3 rings (SSSR count). The first-order valence-corrected chi connectivity index (χ1v) is 9.76. The number of aryl methyl sites for hydroxylation is 1. The fourth-order valence-electron chi connectivity index (χ4n) is 3.46. The zero-order chi connectivity index (χ0) is 19.9. The van der Waals surface area contributed by atoms with Gasteiger partial charge in [-0.3, -0.25) is 4.79 Å². The number of carbonyl (C=O) groups excluding carboxylic acids is 2. The molecule has 1 unspecified atom stereocenters. The first kappa shape index (κ1) is 22.6. The maximum absolute atomic E-state index is 12.5. The Hall–Kier alpha value is -2.73. The molecule has 2 aromatic rings. The van der Waals surface area contributed by atoms with Crippen molar-refractivity contribution in [1.29, 1.82) is 0 Å². The number of halogens is 1. The molecule has 3 amide bonds. The summed E-state index contributed by atoms with van der Waals surface area (Å²) >= 11 is 0. The first-order valence-electron chi connectivity index (χ1n) is 9.76. The summed E-state index contributed by atoms with van der Waals surface area (Å²) in [6, 6.07) is 15.2. The van der Waals surface area contributed by atoms with E-state index in [1.165, 1.54) is 0 Å². The second kappa shape index (κ2) is 10.7. The van der Waals surface area contributed by atoms with Crippen LogP contribution in [-0.2, 0) is 11.2 Å². The van der Waals surface area contributed by atoms with Crippen LogP contribution < -0.4 is 16.4 Å². The van der Waals surface area contributed by atoms with Crippen molar-refractivity contribution in [3.05, 3.63) is 59.7 Å². The van der Waals surface area contributed by atoms with Gasteiger partial charge in [-0.1, -0.05) is 24.3 Å². The number of urea groups is 1. The van der Waals surface area contributed by atoms with Gasteiger partial charge in [0.15, 0.2) is 0 Å². The average Bonchev–Trinajstić information content (AvgIpc) is 2.69. The molecule has 4 N–H and O–H groups in total. The van der Waals surface area contributed by atoms with E-state index in [0.717, 1.165) is 41.8 Å². The van der Waals surface area contributed by atoms with Gasteiger partial charge in [-0.2, -0.15) is 0 Å². The normalized spacial score (nSPS) is 15.9. The predicted octanol–water partition coefficient (Wildman–Crippen LogP) is 3.60. The molecule has 0 spiro atoms. The lowest BCUT2D eigenvalue weighted by atomic mass is 9.97. The van der Waals surface area contributed by atoms with Crippen molar-refractivity contribution in [1.82, 2.24) is 10.2 Å². The number of amides is 3. The Kier molecular flexibility index (Phi) is 8.34. The van der Waals surface area contributed by atoms with Gasteiger partial charge in [0.25, 0.3) is 0 Å². The zero-order valence-electron chi connectivity index (χ0n) is 16.7. The van der Waals surface area contributed by atoms with Crippen LogP contribution in [0.5, 0.6) is 0 Å². The lowest BCUT2D eigenvalue weighted by molar-refractivity contribution is -0.126. The molecule has 0 saturated carbocycles. The molecule has 156 valence electrons. The van der Waals surface area contributed by atoms with Gasteiger partial charge < -0.3 is 21.3 Å².